The van der Waals surface area contributed by atoms with Gasteiger partial charge in [-0.3, -0.25) is 10.1 Å². The van der Waals surface area contributed by atoms with Gasteiger partial charge in [0.2, 0.25) is 0 Å². The smallest absolute Gasteiger partial charge is 0.413 e. The number of aryl methyl sites for hydroxylation is 1. The van der Waals surface area contributed by atoms with E-state index < -0.39 is 6.09 Å². The van der Waals surface area contributed by atoms with Gasteiger partial charge in [-0.15, -0.1) is 0 Å². The van der Waals surface area contributed by atoms with E-state index in [1.165, 1.54) is 0 Å². The van der Waals surface area contributed by atoms with Crippen LogP contribution in [-0.4, -0.2) is 48.1 Å². The maximum atomic E-state index is 12.4. The number of carbonyl (C=O) groups is 2. The number of hydrogen-bond donors (Lipinski definition) is 2. The van der Waals surface area contributed by atoms with E-state index >= 15 is 0 Å². The van der Waals surface area contributed by atoms with Gasteiger partial charge in [0.05, 0.1) is 13.1 Å². The molecule has 0 radical (unpaired) electrons. The predicted molar refractivity (Wildman–Crippen MR) is 94.8 cm³/mol. The minimum atomic E-state index is -0.565. The lowest BCUT2D eigenvalue weighted by atomic mass is 10.1. The van der Waals surface area contributed by atoms with Crippen LogP contribution in [0.5, 0.6) is 0 Å². The Labute approximate surface area is 146 Å². The van der Waals surface area contributed by atoms with Crippen molar-refractivity contribution < 1.29 is 14.3 Å². The molecule has 1 saturated heterocycles. The summed E-state index contributed by atoms with van der Waals surface area (Å²) in [6, 6.07) is 10.7. The van der Waals surface area contributed by atoms with Crippen molar-refractivity contribution in [3.05, 3.63) is 53.7 Å². The van der Waals surface area contributed by atoms with Crippen LogP contribution in [0, 0.1) is 6.92 Å². The fraction of sp³-hybridized carbons (Fsp3) is 0.278. The number of pyridine rings is 1. The maximum absolute atomic E-state index is 12.4. The zero-order valence-electron chi connectivity index (χ0n) is 14.2. The van der Waals surface area contributed by atoms with Crippen molar-refractivity contribution in [2.75, 3.05) is 30.8 Å². The zero-order chi connectivity index (χ0) is 17.8. The molecule has 1 aromatic heterocycles. The highest BCUT2D eigenvalue weighted by Gasteiger charge is 2.34. The van der Waals surface area contributed by atoms with Gasteiger partial charge in [0.25, 0.3) is 5.91 Å². The number of benzene rings is 1. The van der Waals surface area contributed by atoms with Gasteiger partial charge in [-0.2, -0.15) is 0 Å². The van der Waals surface area contributed by atoms with Crippen molar-refractivity contribution in [2.45, 2.75) is 13.0 Å². The van der Waals surface area contributed by atoms with E-state index in [0.717, 1.165) is 11.3 Å². The van der Waals surface area contributed by atoms with Crippen LogP contribution in [0.4, 0.5) is 16.3 Å². The Kier molecular flexibility index (Phi) is 4.83. The van der Waals surface area contributed by atoms with Gasteiger partial charge in [0.1, 0.15) is 11.9 Å². The molecule has 0 aliphatic carbocycles. The number of carbonyl (C=O) groups excluding carboxylic acids is 2. The quantitative estimate of drug-likeness (QED) is 0.893. The Hall–Kier alpha value is -3.09. The third-order valence-corrected chi connectivity index (χ3v) is 4.05. The van der Waals surface area contributed by atoms with Gasteiger partial charge < -0.3 is 15.0 Å². The highest BCUT2D eigenvalue weighted by atomic mass is 16.6. The van der Waals surface area contributed by atoms with Crippen molar-refractivity contribution in [1.29, 1.82) is 0 Å². The van der Waals surface area contributed by atoms with Crippen LogP contribution in [0.25, 0.3) is 0 Å². The topological polar surface area (TPSA) is 83.6 Å². The summed E-state index contributed by atoms with van der Waals surface area (Å²) < 4.78 is 5.27. The molecule has 0 bridgehead atoms. The normalized spacial score (nSPS) is 13.8. The number of rotatable bonds is 4. The third kappa shape index (κ3) is 3.88. The molecule has 7 heteroatoms. The van der Waals surface area contributed by atoms with Crippen molar-refractivity contribution in [3.8, 4) is 0 Å². The average molecular weight is 340 g/mol. The molecule has 2 heterocycles. The third-order valence-electron chi connectivity index (χ3n) is 4.05. The number of likely N-dealkylation sites (tertiary alicyclic amines) is 1. The monoisotopic (exact) mass is 340 g/mol. The van der Waals surface area contributed by atoms with Crippen LogP contribution in [0.1, 0.15) is 15.9 Å². The number of amides is 2. The molecule has 0 saturated carbocycles. The first-order chi connectivity index (χ1) is 12.1. The zero-order valence-corrected chi connectivity index (χ0v) is 14.2. The number of nitrogens with zero attached hydrogens (tertiary/aromatic N) is 2. The Morgan fingerprint density at radius 2 is 2.04 bits per heavy atom. The number of nitrogens with one attached hydrogen (secondary N) is 2. The molecule has 0 atom stereocenters. The van der Waals surface area contributed by atoms with Crippen LogP contribution in [-0.2, 0) is 4.74 Å². The van der Waals surface area contributed by atoms with Crippen LogP contribution >= 0.6 is 0 Å². The highest BCUT2D eigenvalue weighted by molar-refractivity contribution is 5.95. The Morgan fingerprint density at radius 3 is 2.68 bits per heavy atom. The molecule has 1 aliphatic heterocycles. The first-order valence-electron chi connectivity index (χ1n) is 8.03. The molecule has 130 valence electrons. The molecular weight excluding hydrogens is 320 g/mol. The summed E-state index contributed by atoms with van der Waals surface area (Å²) in [5, 5.41) is 5.63. The molecule has 3 rings (SSSR count). The summed E-state index contributed by atoms with van der Waals surface area (Å²) in [4.78, 5) is 29.9. The second-order valence-electron chi connectivity index (χ2n) is 5.86. The molecule has 2 aromatic rings. The fourth-order valence-corrected chi connectivity index (χ4v) is 2.66. The molecular formula is C18H20N4O3. The lowest BCUT2D eigenvalue weighted by Gasteiger charge is -2.38. The molecule has 7 nitrogen and oxygen atoms in total. The molecule has 0 spiro atoms. The number of ether oxygens (including phenoxy) is 1. The van der Waals surface area contributed by atoms with E-state index in [9.17, 15) is 9.59 Å². The fourth-order valence-electron chi connectivity index (χ4n) is 2.66. The van der Waals surface area contributed by atoms with Crippen LogP contribution in [0.3, 0.4) is 0 Å². The highest BCUT2D eigenvalue weighted by Crippen LogP contribution is 2.20. The van der Waals surface area contributed by atoms with E-state index in [1.807, 2.05) is 26.1 Å². The summed E-state index contributed by atoms with van der Waals surface area (Å²) in [7, 11) is 1.84. The molecule has 0 unspecified atom stereocenters. The van der Waals surface area contributed by atoms with Gasteiger partial charge >= 0.3 is 6.09 Å². The summed E-state index contributed by atoms with van der Waals surface area (Å²) in [6.45, 7) is 2.73. The van der Waals surface area contributed by atoms with Gasteiger partial charge in [0.15, 0.2) is 0 Å². The Morgan fingerprint density at radius 1 is 1.24 bits per heavy atom. The molecule has 25 heavy (non-hydrogen) atoms. The standard InChI is InChI=1S/C18H20N4O3/c1-12-9-13(6-7-15(12)19-2)17(23)22-10-14(11-22)25-18(24)21-16-5-3-4-8-20-16/h3-9,14,19H,10-11H2,1-2H3,(H,20,21,24). The van der Waals surface area contributed by atoms with E-state index in [4.69, 9.17) is 4.74 Å². The van der Waals surface area contributed by atoms with Crippen LogP contribution in [0.2, 0.25) is 0 Å². The first-order valence-corrected chi connectivity index (χ1v) is 8.03. The van der Waals surface area contributed by atoms with Gasteiger partial charge in [0, 0.05) is 24.5 Å². The largest absolute Gasteiger partial charge is 0.442 e. The average Bonchev–Trinajstić information content (AvgIpc) is 2.58. The molecule has 2 N–H and O–H groups in total. The van der Waals surface area contributed by atoms with Crippen LogP contribution in [0.15, 0.2) is 42.6 Å². The lowest BCUT2D eigenvalue weighted by molar-refractivity contribution is -0.00207. The summed E-state index contributed by atoms with van der Waals surface area (Å²) in [5.41, 5.74) is 2.64. The van der Waals surface area contributed by atoms with Gasteiger partial charge in [-0.1, -0.05) is 6.07 Å². The number of aromatic nitrogens is 1. The summed E-state index contributed by atoms with van der Waals surface area (Å²) in [6.07, 6.45) is 0.719. The first kappa shape index (κ1) is 16.8. The summed E-state index contributed by atoms with van der Waals surface area (Å²) >= 11 is 0. The molecule has 2 amide bonds. The van der Waals surface area contributed by atoms with E-state index in [-0.39, 0.29) is 12.0 Å². The Balaban J connectivity index is 1.49. The minimum Gasteiger partial charge on any atom is -0.442 e. The number of hydrogen-bond acceptors (Lipinski definition) is 5. The van der Waals surface area contributed by atoms with E-state index in [0.29, 0.717) is 24.5 Å². The van der Waals surface area contributed by atoms with E-state index in [2.05, 4.69) is 15.6 Å². The minimum absolute atomic E-state index is 0.0595. The Bertz CT molecular complexity index is 773. The second-order valence-corrected chi connectivity index (χ2v) is 5.86. The van der Waals surface area contributed by atoms with Crippen molar-refractivity contribution >= 4 is 23.5 Å². The van der Waals surface area contributed by atoms with E-state index in [1.54, 1.807) is 35.4 Å². The predicted octanol–water partition coefficient (Wildman–Crippen LogP) is 2.50. The van der Waals surface area contributed by atoms with Gasteiger partial charge in [-0.05, 0) is 42.8 Å². The van der Waals surface area contributed by atoms with Gasteiger partial charge in [-0.25, -0.2) is 9.78 Å². The molecule has 1 aliphatic rings. The van der Waals surface area contributed by atoms with Crippen molar-refractivity contribution in [2.24, 2.45) is 0 Å². The maximum Gasteiger partial charge on any atom is 0.413 e. The van der Waals surface area contributed by atoms with Crippen molar-refractivity contribution in [1.82, 2.24) is 9.88 Å². The SMILES string of the molecule is CNc1ccc(C(=O)N2CC(OC(=O)Nc3ccccn3)C2)cc1C. The van der Waals surface area contributed by atoms with Crippen LogP contribution < -0.4 is 10.6 Å². The number of anilines is 2. The molecule has 1 aromatic carbocycles. The van der Waals surface area contributed by atoms with Crippen molar-refractivity contribution in [3.63, 3.8) is 0 Å². The lowest BCUT2D eigenvalue weighted by Crippen LogP contribution is -2.55. The summed E-state index contributed by atoms with van der Waals surface area (Å²) in [5.74, 6) is 0.371. The molecule has 1 fully saturated rings. The second kappa shape index (κ2) is 7.21.